The number of fused-ring (bicyclic) bond motifs is 1. The van der Waals surface area contributed by atoms with Gasteiger partial charge in [0.25, 0.3) is 0 Å². The second-order valence-corrected chi connectivity index (χ2v) is 2.90. The number of aromatic nitrogens is 1. The first kappa shape index (κ1) is 5.68. The highest BCUT2D eigenvalue weighted by molar-refractivity contribution is 7.15. The molecule has 0 fully saturated rings. The molecule has 0 radical (unpaired) electrons. The van der Waals surface area contributed by atoms with Crippen molar-refractivity contribution in [3.8, 4) is 5.75 Å². The van der Waals surface area contributed by atoms with Gasteiger partial charge in [-0.15, -0.1) is 0 Å². The van der Waals surface area contributed by atoms with E-state index in [1.165, 1.54) is 11.3 Å². The molecule has 2 aromatic rings. The molecule has 0 atom stereocenters. The normalized spacial score (nSPS) is 10.4. The van der Waals surface area contributed by atoms with Gasteiger partial charge >= 0.3 is 4.83 Å². The maximum Gasteiger partial charge on any atom is 0.309 e. The Labute approximate surface area is 62.0 Å². The van der Waals surface area contributed by atoms with E-state index in [-0.39, 0.29) is 0 Å². The predicted molar refractivity (Wildman–Crippen MR) is 39.1 cm³/mol. The lowest BCUT2D eigenvalue weighted by molar-refractivity contribution is -0.507. The third-order valence-electron chi connectivity index (χ3n) is 1.36. The lowest BCUT2D eigenvalue weighted by Gasteiger charge is -1.83. The van der Waals surface area contributed by atoms with Crippen LogP contribution in [-0.2, 0) is 0 Å². The molecule has 0 aliphatic heterocycles. The molecule has 2 nitrogen and oxygen atoms in total. The number of hydrogen-bond acceptors (Lipinski definition) is 2. The molecule has 0 aromatic carbocycles. The lowest BCUT2D eigenvalue weighted by Crippen LogP contribution is -2.15. The first-order valence-corrected chi connectivity index (χ1v) is 3.82. The Balaban J connectivity index is 2.95. The number of pyridine rings is 1. The van der Waals surface area contributed by atoms with E-state index in [4.69, 9.17) is 0 Å². The average molecular weight is 152 g/mol. The van der Waals surface area contributed by atoms with Crippen molar-refractivity contribution in [1.29, 1.82) is 0 Å². The smallest absolute Gasteiger partial charge is 0.309 e. The van der Waals surface area contributed by atoms with E-state index in [1.807, 2.05) is 28.2 Å². The predicted octanol–water partition coefficient (Wildman–Crippen LogP) is 1.19. The van der Waals surface area contributed by atoms with Gasteiger partial charge in [-0.05, 0) is 6.07 Å². The van der Waals surface area contributed by atoms with Crippen LogP contribution < -0.4 is 4.40 Å². The molecule has 2 aromatic heterocycles. The summed E-state index contributed by atoms with van der Waals surface area (Å²) in [6.07, 6.45) is 3.82. The summed E-state index contributed by atoms with van der Waals surface area (Å²) in [6.45, 7) is 0. The zero-order chi connectivity index (χ0) is 6.97. The van der Waals surface area contributed by atoms with Gasteiger partial charge in [-0.2, -0.15) is 4.40 Å². The van der Waals surface area contributed by atoms with E-state index in [2.05, 4.69) is 0 Å². The van der Waals surface area contributed by atoms with Gasteiger partial charge in [-0.1, -0.05) is 11.3 Å². The fourth-order valence-corrected chi connectivity index (χ4v) is 1.65. The van der Waals surface area contributed by atoms with Crippen molar-refractivity contribution in [3.05, 3.63) is 29.9 Å². The van der Waals surface area contributed by atoms with Crippen LogP contribution >= 0.6 is 11.3 Å². The minimum atomic E-state index is 0.345. The van der Waals surface area contributed by atoms with Crippen LogP contribution in [-0.4, -0.2) is 5.11 Å². The van der Waals surface area contributed by atoms with Crippen LogP contribution in [0.15, 0.2) is 29.9 Å². The van der Waals surface area contributed by atoms with Gasteiger partial charge in [0.15, 0.2) is 18.1 Å². The van der Waals surface area contributed by atoms with Gasteiger partial charge in [0.2, 0.25) is 0 Å². The minimum absolute atomic E-state index is 0.345. The summed E-state index contributed by atoms with van der Waals surface area (Å²) in [5.74, 6) is 0.345. The van der Waals surface area contributed by atoms with Crippen LogP contribution in [0, 0.1) is 0 Å². The highest BCUT2D eigenvalue weighted by Gasteiger charge is 2.06. The van der Waals surface area contributed by atoms with Crippen molar-refractivity contribution in [2.45, 2.75) is 0 Å². The Kier molecular flexibility index (Phi) is 1.11. The highest BCUT2D eigenvalue weighted by Crippen LogP contribution is 2.16. The highest BCUT2D eigenvalue weighted by atomic mass is 32.1. The second-order valence-electron chi connectivity index (χ2n) is 2.01. The molecule has 50 valence electrons. The van der Waals surface area contributed by atoms with Gasteiger partial charge in [0.1, 0.15) is 0 Å². The molecule has 0 spiro atoms. The zero-order valence-electron chi connectivity index (χ0n) is 5.19. The van der Waals surface area contributed by atoms with E-state index in [1.54, 1.807) is 6.07 Å². The monoisotopic (exact) mass is 152 g/mol. The fourth-order valence-electron chi connectivity index (χ4n) is 0.897. The van der Waals surface area contributed by atoms with E-state index in [0.29, 0.717) is 5.75 Å². The Morgan fingerprint density at radius 2 is 2.30 bits per heavy atom. The maximum absolute atomic E-state index is 9.25. The maximum atomic E-state index is 9.25. The summed E-state index contributed by atoms with van der Waals surface area (Å²) in [6, 6.07) is 3.50. The summed E-state index contributed by atoms with van der Waals surface area (Å²) < 4.78 is 1.89. The van der Waals surface area contributed by atoms with Gasteiger partial charge in [-0.3, -0.25) is 0 Å². The molecule has 1 N–H and O–H groups in total. The van der Waals surface area contributed by atoms with E-state index in [0.717, 1.165) is 4.83 Å². The molecule has 0 bridgehead atoms. The van der Waals surface area contributed by atoms with Crippen molar-refractivity contribution in [2.75, 3.05) is 0 Å². The molecule has 0 amide bonds. The molecule has 2 heterocycles. The molecular weight excluding hydrogens is 146 g/mol. The molecule has 0 saturated heterocycles. The first-order valence-electron chi connectivity index (χ1n) is 2.94. The number of rotatable bonds is 0. The number of thiazole rings is 1. The minimum Gasteiger partial charge on any atom is -0.502 e. The van der Waals surface area contributed by atoms with E-state index in [9.17, 15) is 5.11 Å². The van der Waals surface area contributed by atoms with Gasteiger partial charge in [0.05, 0.1) is 5.38 Å². The first-order chi connectivity index (χ1) is 4.88. The average Bonchev–Trinajstić information content (AvgIpc) is 2.36. The Morgan fingerprint density at radius 3 is 3.10 bits per heavy atom. The molecular formula is C7H6NOS+. The quantitative estimate of drug-likeness (QED) is 0.563. The van der Waals surface area contributed by atoms with Crippen LogP contribution in [0.1, 0.15) is 0 Å². The summed E-state index contributed by atoms with van der Waals surface area (Å²) >= 11 is 1.53. The SMILES string of the molecule is Oc1ccc[n+]2ccsc12. The lowest BCUT2D eigenvalue weighted by atomic mass is 10.5. The summed E-state index contributed by atoms with van der Waals surface area (Å²) in [4.78, 5) is 0.891. The molecule has 0 saturated carbocycles. The van der Waals surface area contributed by atoms with Crippen LogP contribution in [0.4, 0.5) is 0 Å². The summed E-state index contributed by atoms with van der Waals surface area (Å²) in [5.41, 5.74) is 0. The third-order valence-corrected chi connectivity index (χ3v) is 2.26. The van der Waals surface area contributed by atoms with E-state index >= 15 is 0 Å². The molecule has 0 aliphatic rings. The fraction of sp³-hybridized carbons (Fsp3) is 0. The Hall–Kier alpha value is -1.09. The van der Waals surface area contributed by atoms with Crippen LogP contribution in [0.25, 0.3) is 4.83 Å². The molecule has 10 heavy (non-hydrogen) atoms. The van der Waals surface area contributed by atoms with Gasteiger partial charge < -0.3 is 5.11 Å². The number of hydrogen-bond donors (Lipinski definition) is 1. The topological polar surface area (TPSA) is 24.3 Å². The van der Waals surface area contributed by atoms with Crippen molar-refractivity contribution in [3.63, 3.8) is 0 Å². The Morgan fingerprint density at radius 1 is 1.40 bits per heavy atom. The second kappa shape index (κ2) is 1.95. The Bertz CT molecular complexity index is 355. The van der Waals surface area contributed by atoms with Crippen LogP contribution in [0.3, 0.4) is 0 Å². The van der Waals surface area contributed by atoms with Crippen LogP contribution in [0.2, 0.25) is 0 Å². The van der Waals surface area contributed by atoms with E-state index < -0.39 is 0 Å². The van der Waals surface area contributed by atoms with Crippen molar-refractivity contribution < 1.29 is 9.51 Å². The number of aromatic hydroxyl groups is 1. The van der Waals surface area contributed by atoms with Crippen molar-refractivity contribution in [1.82, 2.24) is 0 Å². The van der Waals surface area contributed by atoms with Gasteiger partial charge in [0, 0.05) is 6.07 Å². The molecule has 2 rings (SSSR count). The summed E-state index contributed by atoms with van der Waals surface area (Å²) in [7, 11) is 0. The van der Waals surface area contributed by atoms with Gasteiger partial charge in [-0.25, -0.2) is 0 Å². The molecule has 3 heteroatoms. The standard InChI is InChI=1S/C7H5NOS/c9-6-2-1-3-8-4-5-10-7(6)8/h1-5H/p+1. The largest absolute Gasteiger partial charge is 0.502 e. The number of nitrogens with zero attached hydrogens (tertiary/aromatic N) is 1. The molecule has 0 unspecified atom stereocenters. The van der Waals surface area contributed by atoms with Crippen molar-refractivity contribution in [2.24, 2.45) is 0 Å². The summed E-state index contributed by atoms with van der Waals surface area (Å²) in [5, 5.41) is 11.2. The van der Waals surface area contributed by atoms with Crippen molar-refractivity contribution >= 4 is 16.2 Å². The zero-order valence-corrected chi connectivity index (χ0v) is 6.01. The third kappa shape index (κ3) is 0.675. The van der Waals surface area contributed by atoms with Crippen LogP contribution in [0.5, 0.6) is 5.75 Å². The molecule has 0 aliphatic carbocycles.